The third-order valence-electron chi connectivity index (χ3n) is 4.95. The average molecular weight is 340 g/mol. The normalized spacial score (nSPS) is 29.3. The van der Waals surface area contributed by atoms with Crippen LogP contribution in [0.25, 0.3) is 0 Å². The number of hydrogen-bond donors (Lipinski definition) is 1. The lowest BCUT2D eigenvalue weighted by Gasteiger charge is -2.41. The second-order valence-electron chi connectivity index (χ2n) is 6.45. The van der Waals surface area contributed by atoms with Crippen molar-refractivity contribution in [2.75, 3.05) is 20.1 Å². The van der Waals surface area contributed by atoms with Crippen LogP contribution < -0.4 is 5.73 Å². The summed E-state index contributed by atoms with van der Waals surface area (Å²) in [5.41, 5.74) is 5.81. The minimum Gasteiger partial charge on any atom is -0.329 e. The standard InChI is InChI=1S/C14H29N3O2S.ClH/c1-12-8-9-17(14(10-12)11-15)20(18,19)16(2)13-6-4-3-5-7-13;/h12-14H,3-11,15H2,1-2H3;1H. The molecular formula is C14H30ClN3O2S. The molecular weight excluding hydrogens is 310 g/mol. The molecule has 2 unspecified atom stereocenters. The molecule has 0 radical (unpaired) electrons. The number of rotatable bonds is 4. The molecule has 1 aliphatic heterocycles. The minimum absolute atomic E-state index is 0. The Morgan fingerprint density at radius 1 is 1.19 bits per heavy atom. The Kier molecular flexibility index (Phi) is 7.40. The zero-order chi connectivity index (χ0) is 14.8. The maximum Gasteiger partial charge on any atom is 0.282 e. The summed E-state index contributed by atoms with van der Waals surface area (Å²) in [5, 5.41) is 0. The van der Waals surface area contributed by atoms with Gasteiger partial charge in [-0.05, 0) is 31.6 Å². The fraction of sp³-hybridized carbons (Fsp3) is 1.00. The Morgan fingerprint density at radius 3 is 2.38 bits per heavy atom. The highest BCUT2D eigenvalue weighted by molar-refractivity contribution is 7.86. The summed E-state index contributed by atoms with van der Waals surface area (Å²) >= 11 is 0. The molecule has 2 aliphatic rings. The van der Waals surface area contributed by atoms with Crippen molar-refractivity contribution in [2.24, 2.45) is 11.7 Å². The van der Waals surface area contributed by atoms with E-state index >= 15 is 0 Å². The summed E-state index contributed by atoms with van der Waals surface area (Å²) in [5.74, 6) is 0.565. The van der Waals surface area contributed by atoms with Crippen LogP contribution >= 0.6 is 12.4 Å². The Hall–Kier alpha value is 0.120. The van der Waals surface area contributed by atoms with Crippen molar-refractivity contribution in [2.45, 2.75) is 64.0 Å². The summed E-state index contributed by atoms with van der Waals surface area (Å²) in [6, 6.07) is 0.140. The Morgan fingerprint density at radius 2 is 1.81 bits per heavy atom. The fourth-order valence-corrected chi connectivity index (χ4v) is 5.35. The van der Waals surface area contributed by atoms with Crippen LogP contribution in [0.15, 0.2) is 0 Å². The molecule has 7 heteroatoms. The quantitative estimate of drug-likeness (QED) is 0.851. The molecule has 0 bridgehead atoms. The molecule has 1 heterocycles. The molecule has 2 rings (SSSR count). The zero-order valence-corrected chi connectivity index (χ0v) is 14.8. The lowest BCUT2D eigenvalue weighted by Crippen LogP contribution is -2.55. The van der Waals surface area contributed by atoms with Crippen LogP contribution in [0.3, 0.4) is 0 Å². The predicted molar refractivity (Wildman–Crippen MR) is 88.8 cm³/mol. The molecule has 0 aromatic heterocycles. The van der Waals surface area contributed by atoms with Crippen LogP contribution in [0.1, 0.15) is 51.9 Å². The number of nitrogens with zero attached hydrogens (tertiary/aromatic N) is 2. The van der Waals surface area contributed by atoms with Crippen molar-refractivity contribution in [1.29, 1.82) is 0 Å². The van der Waals surface area contributed by atoms with Gasteiger partial charge in [-0.1, -0.05) is 26.2 Å². The van der Waals surface area contributed by atoms with Crippen LogP contribution in [-0.4, -0.2) is 49.2 Å². The lowest BCUT2D eigenvalue weighted by molar-refractivity contribution is 0.187. The summed E-state index contributed by atoms with van der Waals surface area (Å²) in [6.07, 6.45) is 7.32. The lowest BCUT2D eigenvalue weighted by atomic mass is 9.94. The van der Waals surface area contributed by atoms with Gasteiger partial charge in [-0.3, -0.25) is 0 Å². The molecule has 2 atom stereocenters. The van der Waals surface area contributed by atoms with Gasteiger partial charge in [0.2, 0.25) is 0 Å². The SMILES string of the molecule is CC1CCN(S(=O)(=O)N(C)C2CCCCC2)C(CN)C1.Cl. The molecule has 1 saturated carbocycles. The average Bonchev–Trinajstić information content (AvgIpc) is 2.46. The minimum atomic E-state index is -3.36. The Labute approximate surface area is 135 Å². The molecule has 0 amide bonds. The monoisotopic (exact) mass is 339 g/mol. The molecule has 1 saturated heterocycles. The van der Waals surface area contributed by atoms with Crippen molar-refractivity contribution < 1.29 is 8.42 Å². The molecule has 2 fully saturated rings. The van der Waals surface area contributed by atoms with Crippen molar-refractivity contribution in [3.63, 3.8) is 0 Å². The van der Waals surface area contributed by atoms with E-state index in [1.807, 2.05) is 0 Å². The molecule has 5 nitrogen and oxygen atoms in total. The van der Waals surface area contributed by atoms with E-state index < -0.39 is 10.2 Å². The number of nitrogens with two attached hydrogens (primary N) is 1. The summed E-state index contributed by atoms with van der Waals surface area (Å²) in [4.78, 5) is 0. The third-order valence-corrected chi connectivity index (χ3v) is 7.04. The largest absolute Gasteiger partial charge is 0.329 e. The van der Waals surface area contributed by atoms with Crippen LogP contribution in [0.5, 0.6) is 0 Å². The van der Waals surface area contributed by atoms with E-state index in [-0.39, 0.29) is 24.5 Å². The van der Waals surface area contributed by atoms with E-state index in [0.717, 1.165) is 38.5 Å². The van der Waals surface area contributed by atoms with Gasteiger partial charge in [0, 0.05) is 32.2 Å². The van der Waals surface area contributed by atoms with E-state index in [4.69, 9.17) is 5.73 Å². The first-order valence-electron chi connectivity index (χ1n) is 7.91. The maximum absolute atomic E-state index is 12.9. The smallest absolute Gasteiger partial charge is 0.282 e. The Balaban J connectivity index is 0.00000220. The molecule has 2 N–H and O–H groups in total. The summed E-state index contributed by atoms with van der Waals surface area (Å²) < 4.78 is 29.0. The molecule has 0 aromatic carbocycles. The van der Waals surface area contributed by atoms with Crippen LogP contribution in [0.2, 0.25) is 0 Å². The number of piperidine rings is 1. The van der Waals surface area contributed by atoms with Crippen LogP contribution in [0, 0.1) is 5.92 Å². The van der Waals surface area contributed by atoms with Crippen molar-refractivity contribution >= 4 is 22.6 Å². The topological polar surface area (TPSA) is 66.6 Å². The van der Waals surface area contributed by atoms with Gasteiger partial charge in [0.1, 0.15) is 0 Å². The highest BCUT2D eigenvalue weighted by atomic mass is 35.5. The van der Waals surface area contributed by atoms with Gasteiger partial charge in [0.25, 0.3) is 10.2 Å². The van der Waals surface area contributed by atoms with Gasteiger partial charge in [-0.25, -0.2) is 0 Å². The van der Waals surface area contributed by atoms with Crippen LogP contribution in [-0.2, 0) is 10.2 Å². The fourth-order valence-electron chi connectivity index (χ4n) is 3.55. The van der Waals surface area contributed by atoms with Gasteiger partial charge in [0.05, 0.1) is 0 Å². The van der Waals surface area contributed by atoms with Gasteiger partial charge in [-0.15, -0.1) is 12.4 Å². The van der Waals surface area contributed by atoms with Gasteiger partial charge in [-0.2, -0.15) is 17.0 Å². The van der Waals surface area contributed by atoms with Gasteiger partial charge < -0.3 is 5.73 Å². The predicted octanol–water partition coefficient (Wildman–Crippen LogP) is 1.98. The van der Waals surface area contributed by atoms with Crippen LogP contribution in [0.4, 0.5) is 0 Å². The molecule has 1 aliphatic carbocycles. The van der Waals surface area contributed by atoms with E-state index in [1.54, 1.807) is 15.7 Å². The second-order valence-corrected chi connectivity index (χ2v) is 8.39. The summed E-state index contributed by atoms with van der Waals surface area (Å²) in [6.45, 7) is 3.21. The first-order valence-corrected chi connectivity index (χ1v) is 9.31. The van der Waals surface area contributed by atoms with Gasteiger partial charge >= 0.3 is 0 Å². The third kappa shape index (κ3) is 4.32. The van der Waals surface area contributed by atoms with E-state index in [1.165, 1.54) is 6.42 Å². The highest BCUT2D eigenvalue weighted by Gasteiger charge is 2.38. The van der Waals surface area contributed by atoms with Crippen molar-refractivity contribution in [1.82, 2.24) is 8.61 Å². The molecule has 0 aromatic rings. The van der Waals surface area contributed by atoms with E-state index in [0.29, 0.717) is 19.0 Å². The van der Waals surface area contributed by atoms with E-state index in [2.05, 4.69) is 6.92 Å². The first-order chi connectivity index (χ1) is 9.46. The zero-order valence-electron chi connectivity index (χ0n) is 13.2. The molecule has 0 spiro atoms. The molecule has 126 valence electrons. The van der Waals surface area contributed by atoms with Gasteiger partial charge in [0.15, 0.2) is 0 Å². The van der Waals surface area contributed by atoms with E-state index in [9.17, 15) is 8.42 Å². The highest BCUT2D eigenvalue weighted by Crippen LogP contribution is 2.29. The first kappa shape index (κ1) is 19.2. The van der Waals surface area contributed by atoms with Crippen molar-refractivity contribution in [3.8, 4) is 0 Å². The number of halogens is 1. The summed E-state index contributed by atoms with van der Waals surface area (Å²) in [7, 11) is -1.61. The second kappa shape index (κ2) is 8.11. The van der Waals surface area contributed by atoms with Crippen molar-refractivity contribution in [3.05, 3.63) is 0 Å². The molecule has 21 heavy (non-hydrogen) atoms. The Bertz CT molecular complexity index is 412. The maximum atomic E-state index is 12.9. The number of hydrogen-bond acceptors (Lipinski definition) is 3.